The molecule has 0 aromatic heterocycles. The van der Waals surface area contributed by atoms with Gasteiger partial charge >= 0.3 is 0 Å². The lowest BCUT2D eigenvalue weighted by molar-refractivity contribution is -0.135. The maximum Gasteiger partial charge on any atom is 0.250 e. The van der Waals surface area contributed by atoms with Crippen molar-refractivity contribution in [2.24, 2.45) is 11.8 Å². The van der Waals surface area contributed by atoms with E-state index in [4.69, 9.17) is 23.2 Å². The first-order chi connectivity index (χ1) is 15.3. The fourth-order valence-electron chi connectivity index (χ4n) is 6.44. The molecule has 3 saturated heterocycles. The molecule has 0 aliphatic carbocycles. The lowest BCUT2D eigenvalue weighted by atomic mass is 9.75. The lowest BCUT2D eigenvalue weighted by Gasteiger charge is -2.36. The number of fused-ring (bicyclic) bond motifs is 7. The third-order valence-electron chi connectivity index (χ3n) is 7.80. The number of aryl methyl sites for hydroxylation is 1. The second-order valence-corrected chi connectivity index (χ2v) is 10.1. The number of benzene rings is 2. The van der Waals surface area contributed by atoms with Gasteiger partial charge in [-0.1, -0.05) is 35.3 Å². The van der Waals surface area contributed by atoms with Crippen molar-refractivity contribution in [2.45, 2.75) is 38.3 Å². The number of carbonyl (C=O) groups is 3. The van der Waals surface area contributed by atoms with Crippen molar-refractivity contribution in [1.29, 1.82) is 0 Å². The number of imide groups is 1. The van der Waals surface area contributed by atoms with Gasteiger partial charge < -0.3 is 5.32 Å². The van der Waals surface area contributed by atoms with Crippen LogP contribution in [0.4, 0.5) is 11.4 Å². The fraction of sp³-hybridized carbons (Fsp3) is 0.375. The topological polar surface area (TPSA) is 69.7 Å². The Bertz CT molecular complexity index is 1220. The van der Waals surface area contributed by atoms with Gasteiger partial charge in [0.05, 0.1) is 17.5 Å². The van der Waals surface area contributed by atoms with E-state index in [-0.39, 0.29) is 23.8 Å². The van der Waals surface area contributed by atoms with Gasteiger partial charge in [-0.25, -0.2) is 4.90 Å². The molecule has 1 N–H and O–H groups in total. The van der Waals surface area contributed by atoms with Crippen LogP contribution in [0.15, 0.2) is 30.3 Å². The molecule has 4 heterocycles. The van der Waals surface area contributed by atoms with E-state index in [1.807, 2.05) is 26.0 Å². The molecule has 2 aromatic carbocycles. The van der Waals surface area contributed by atoms with Gasteiger partial charge in [0.1, 0.15) is 5.54 Å². The molecule has 0 bridgehead atoms. The van der Waals surface area contributed by atoms with Gasteiger partial charge in [0, 0.05) is 27.3 Å². The molecular formula is C24H21Cl2N3O3. The second-order valence-electron chi connectivity index (χ2n) is 9.20. The molecule has 6 nitrogen and oxygen atoms in total. The summed E-state index contributed by atoms with van der Waals surface area (Å²) in [6.45, 7) is 4.65. The minimum absolute atomic E-state index is 0.158. The zero-order chi connectivity index (χ0) is 22.5. The summed E-state index contributed by atoms with van der Waals surface area (Å²) in [5, 5.41) is 3.76. The van der Waals surface area contributed by atoms with E-state index >= 15 is 0 Å². The van der Waals surface area contributed by atoms with E-state index in [9.17, 15) is 14.4 Å². The van der Waals surface area contributed by atoms with Crippen molar-refractivity contribution in [3.8, 4) is 0 Å². The molecule has 0 saturated carbocycles. The van der Waals surface area contributed by atoms with Gasteiger partial charge in [0.25, 0.3) is 0 Å². The van der Waals surface area contributed by atoms with E-state index in [1.54, 1.807) is 18.2 Å². The summed E-state index contributed by atoms with van der Waals surface area (Å²) < 4.78 is 0. The smallest absolute Gasteiger partial charge is 0.250 e. The van der Waals surface area contributed by atoms with Gasteiger partial charge in [-0.2, -0.15) is 0 Å². The van der Waals surface area contributed by atoms with E-state index in [0.717, 1.165) is 35.2 Å². The molecule has 6 rings (SSSR count). The Kier molecular flexibility index (Phi) is 4.15. The van der Waals surface area contributed by atoms with Gasteiger partial charge in [0.2, 0.25) is 17.7 Å². The zero-order valence-electron chi connectivity index (χ0n) is 17.6. The summed E-state index contributed by atoms with van der Waals surface area (Å²) in [5.74, 6) is -2.23. The first-order valence-corrected chi connectivity index (χ1v) is 11.5. The van der Waals surface area contributed by atoms with E-state index in [1.165, 1.54) is 4.90 Å². The van der Waals surface area contributed by atoms with Crippen LogP contribution in [-0.4, -0.2) is 35.2 Å². The monoisotopic (exact) mass is 469 g/mol. The number of hydrogen-bond donors (Lipinski definition) is 1. The highest BCUT2D eigenvalue weighted by molar-refractivity contribution is 6.36. The Labute approximate surface area is 195 Å². The molecule has 1 spiro atoms. The average Bonchev–Trinajstić information content (AvgIpc) is 3.43. The van der Waals surface area contributed by atoms with Crippen LogP contribution in [0.3, 0.4) is 0 Å². The van der Waals surface area contributed by atoms with Gasteiger partial charge in [-0.05, 0) is 62.6 Å². The molecular weight excluding hydrogens is 449 g/mol. The van der Waals surface area contributed by atoms with Crippen LogP contribution < -0.4 is 10.2 Å². The Morgan fingerprint density at radius 1 is 1.03 bits per heavy atom. The minimum atomic E-state index is -1.18. The van der Waals surface area contributed by atoms with Crippen molar-refractivity contribution in [1.82, 2.24) is 4.90 Å². The average molecular weight is 470 g/mol. The summed E-state index contributed by atoms with van der Waals surface area (Å²) >= 11 is 12.3. The van der Waals surface area contributed by atoms with Crippen LogP contribution in [0.1, 0.15) is 29.5 Å². The molecule has 4 aliphatic heterocycles. The Morgan fingerprint density at radius 3 is 2.47 bits per heavy atom. The molecule has 8 heteroatoms. The van der Waals surface area contributed by atoms with E-state index in [2.05, 4.69) is 10.2 Å². The highest BCUT2D eigenvalue weighted by Gasteiger charge is 2.74. The summed E-state index contributed by atoms with van der Waals surface area (Å²) in [5.41, 5.74) is 2.80. The number of halogens is 2. The molecule has 0 unspecified atom stereocenters. The highest BCUT2D eigenvalue weighted by Crippen LogP contribution is 2.61. The number of rotatable bonds is 1. The molecule has 32 heavy (non-hydrogen) atoms. The van der Waals surface area contributed by atoms with Gasteiger partial charge in [-0.15, -0.1) is 0 Å². The normalized spacial score (nSPS) is 30.8. The summed E-state index contributed by atoms with van der Waals surface area (Å²) in [7, 11) is 0. The summed E-state index contributed by atoms with van der Waals surface area (Å²) in [6, 6.07) is 8.48. The summed E-state index contributed by atoms with van der Waals surface area (Å²) in [6.07, 6.45) is 1.66. The van der Waals surface area contributed by atoms with E-state index in [0.29, 0.717) is 22.3 Å². The van der Waals surface area contributed by atoms with Crippen LogP contribution in [0.5, 0.6) is 0 Å². The lowest BCUT2D eigenvalue weighted by Crippen LogP contribution is -2.54. The van der Waals surface area contributed by atoms with Crippen LogP contribution in [0, 0.1) is 25.7 Å². The summed E-state index contributed by atoms with van der Waals surface area (Å²) in [4.78, 5) is 44.7. The van der Waals surface area contributed by atoms with Gasteiger partial charge in [-0.3, -0.25) is 19.3 Å². The molecule has 3 fully saturated rings. The standard InChI is InChI=1S/C24H21Cl2N3O3/c1-11-5-6-16-20(12(11)2)27-23(32)24(16)19-18(17-4-3-7-28(17)24)21(30)29(22(19)31)15-9-13(25)8-14(26)10-15/h5-6,8-10,17-19H,3-4,7H2,1-2H3,(H,27,32)/t17-,18-,19-,24-/m0/s1. The van der Waals surface area contributed by atoms with Gasteiger partial charge in [0.15, 0.2) is 0 Å². The second kappa shape index (κ2) is 6.56. The molecule has 0 radical (unpaired) electrons. The molecule has 3 amide bonds. The van der Waals surface area contributed by atoms with Crippen molar-refractivity contribution in [3.63, 3.8) is 0 Å². The SMILES string of the molecule is Cc1ccc2c(c1C)NC(=O)[C@@]21[C@@H]2C(=O)N(c3cc(Cl)cc(Cl)c3)C(=O)[C@H]2[C@@H]2CCCN21. The van der Waals surface area contributed by atoms with Crippen molar-refractivity contribution in [3.05, 3.63) is 57.1 Å². The zero-order valence-corrected chi connectivity index (χ0v) is 19.1. The van der Waals surface area contributed by atoms with Crippen molar-refractivity contribution in [2.75, 3.05) is 16.8 Å². The van der Waals surface area contributed by atoms with Crippen LogP contribution >= 0.6 is 23.2 Å². The maximum atomic E-state index is 13.9. The molecule has 4 atom stereocenters. The Hall–Kier alpha value is -2.41. The third-order valence-corrected chi connectivity index (χ3v) is 8.24. The Balaban J connectivity index is 1.57. The molecule has 4 aliphatic rings. The highest BCUT2D eigenvalue weighted by atomic mass is 35.5. The third kappa shape index (κ3) is 2.28. The maximum absolute atomic E-state index is 13.9. The fourth-order valence-corrected chi connectivity index (χ4v) is 6.96. The molecule has 164 valence electrons. The molecule has 2 aromatic rings. The van der Waals surface area contributed by atoms with Crippen molar-refractivity contribution < 1.29 is 14.4 Å². The van der Waals surface area contributed by atoms with Crippen LogP contribution in [-0.2, 0) is 19.9 Å². The Morgan fingerprint density at radius 2 is 1.75 bits per heavy atom. The predicted molar refractivity (Wildman–Crippen MR) is 122 cm³/mol. The van der Waals surface area contributed by atoms with Crippen LogP contribution in [0.2, 0.25) is 10.0 Å². The van der Waals surface area contributed by atoms with Crippen LogP contribution in [0.25, 0.3) is 0 Å². The number of nitrogens with one attached hydrogen (secondary N) is 1. The number of nitrogens with zero attached hydrogens (tertiary/aromatic N) is 2. The van der Waals surface area contributed by atoms with Crippen molar-refractivity contribution >= 4 is 52.3 Å². The number of hydrogen-bond acceptors (Lipinski definition) is 4. The predicted octanol–water partition coefficient (Wildman–Crippen LogP) is 4.04. The number of anilines is 2. The number of carbonyl (C=O) groups excluding carboxylic acids is 3. The van der Waals surface area contributed by atoms with E-state index < -0.39 is 17.4 Å². The quantitative estimate of drug-likeness (QED) is 0.639. The first-order valence-electron chi connectivity index (χ1n) is 10.8. The number of amides is 3. The largest absolute Gasteiger partial charge is 0.324 e. The minimum Gasteiger partial charge on any atom is -0.324 e. The first kappa shape index (κ1) is 20.2.